The largest absolute Gasteiger partial charge is 0.307 e. The molecular weight excluding hydrogens is 282 g/mol. The van der Waals surface area contributed by atoms with Crippen molar-refractivity contribution in [3.63, 3.8) is 0 Å². The van der Waals surface area contributed by atoms with E-state index in [0.29, 0.717) is 16.0 Å². The molecule has 2 aromatic heterocycles. The molecule has 0 unspecified atom stereocenters. The first-order valence-corrected chi connectivity index (χ1v) is 5.80. The van der Waals surface area contributed by atoms with E-state index < -0.39 is 0 Å². The van der Waals surface area contributed by atoms with Crippen LogP contribution in [0.3, 0.4) is 0 Å². The van der Waals surface area contributed by atoms with Gasteiger partial charge in [-0.05, 0) is 52.7 Å². The molecule has 17 heavy (non-hydrogen) atoms. The lowest BCUT2D eigenvalue weighted by Gasteiger charge is -2.04. The van der Waals surface area contributed by atoms with Gasteiger partial charge < -0.3 is 5.32 Å². The van der Waals surface area contributed by atoms with Crippen molar-refractivity contribution >= 4 is 27.7 Å². The summed E-state index contributed by atoms with van der Waals surface area (Å²) in [5, 5.41) is 2.73. The van der Waals surface area contributed by atoms with Crippen molar-refractivity contribution in [3.05, 3.63) is 52.4 Å². The second kappa shape index (κ2) is 5.05. The lowest BCUT2D eigenvalue weighted by molar-refractivity contribution is 0.102. The lowest BCUT2D eigenvalue weighted by Crippen LogP contribution is -2.13. The minimum absolute atomic E-state index is 0.203. The van der Waals surface area contributed by atoms with Crippen LogP contribution in [0.4, 0.5) is 5.82 Å². The van der Waals surface area contributed by atoms with Gasteiger partial charge >= 0.3 is 0 Å². The van der Waals surface area contributed by atoms with Gasteiger partial charge in [0.15, 0.2) is 0 Å². The average molecular weight is 292 g/mol. The summed E-state index contributed by atoms with van der Waals surface area (Å²) in [7, 11) is 0. The molecule has 0 radical (unpaired) electrons. The summed E-state index contributed by atoms with van der Waals surface area (Å²) in [6.45, 7) is 1.94. The third-order valence-electron chi connectivity index (χ3n) is 2.15. The zero-order valence-electron chi connectivity index (χ0n) is 9.14. The molecule has 0 spiro atoms. The first kappa shape index (κ1) is 11.7. The van der Waals surface area contributed by atoms with Gasteiger partial charge in [0.25, 0.3) is 5.91 Å². The summed E-state index contributed by atoms with van der Waals surface area (Å²) in [5.41, 5.74) is 1.58. The zero-order chi connectivity index (χ0) is 12.3. The molecule has 0 aromatic carbocycles. The predicted octanol–water partition coefficient (Wildman–Crippen LogP) is 2.80. The van der Waals surface area contributed by atoms with Crippen LogP contribution in [0.15, 0.2) is 41.3 Å². The van der Waals surface area contributed by atoms with Gasteiger partial charge in [0.1, 0.15) is 10.4 Å². The van der Waals surface area contributed by atoms with E-state index in [1.54, 1.807) is 24.5 Å². The van der Waals surface area contributed by atoms with Crippen molar-refractivity contribution < 1.29 is 4.79 Å². The quantitative estimate of drug-likeness (QED) is 0.866. The number of nitrogens with zero attached hydrogens (tertiary/aromatic N) is 2. The Hall–Kier alpha value is -1.75. The molecule has 2 rings (SSSR count). The molecule has 0 bridgehead atoms. The van der Waals surface area contributed by atoms with Crippen LogP contribution >= 0.6 is 15.9 Å². The minimum Gasteiger partial charge on any atom is -0.307 e. The van der Waals surface area contributed by atoms with E-state index in [1.165, 1.54) is 0 Å². The van der Waals surface area contributed by atoms with Gasteiger partial charge in [-0.2, -0.15) is 0 Å². The summed E-state index contributed by atoms with van der Waals surface area (Å²) in [5.74, 6) is 0.342. The number of nitrogens with one attached hydrogen (secondary N) is 1. The number of hydrogen-bond acceptors (Lipinski definition) is 3. The van der Waals surface area contributed by atoms with Crippen LogP contribution in [0.5, 0.6) is 0 Å². The van der Waals surface area contributed by atoms with E-state index >= 15 is 0 Å². The van der Waals surface area contributed by atoms with Crippen LogP contribution in [0.1, 0.15) is 15.9 Å². The Labute approximate surface area is 107 Å². The summed E-state index contributed by atoms with van der Waals surface area (Å²) in [4.78, 5) is 19.9. The maximum absolute atomic E-state index is 11.9. The normalized spacial score (nSPS) is 10.0. The summed E-state index contributed by atoms with van der Waals surface area (Å²) in [6, 6.07) is 6.99. The number of pyridine rings is 2. The SMILES string of the molecule is Cc1ccnc(NC(=O)c2ccnc(Br)c2)c1. The summed E-state index contributed by atoms with van der Waals surface area (Å²) < 4.78 is 0.627. The maximum atomic E-state index is 11.9. The third kappa shape index (κ3) is 3.10. The van der Waals surface area contributed by atoms with Gasteiger partial charge in [-0.3, -0.25) is 4.79 Å². The Morgan fingerprint density at radius 1 is 1.24 bits per heavy atom. The fourth-order valence-electron chi connectivity index (χ4n) is 1.34. The minimum atomic E-state index is -0.203. The van der Waals surface area contributed by atoms with Crippen molar-refractivity contribution in [1.82, 2.24) is 9.97 Å². The molecule has 0 saturated carbocycles. The van der Waals surface area contributed by atoms with Crippen molar-refractivity contribution in [3.8, 4) is 0 Å². The van der Waals surface area contributed by atoms with Crippen LogP contribution < -0.4 is 5.32 Å². The number of aromatic nitrogens is 2. The molecule has 4 nitrogen and oxygen atoms in total. The molecule has 2 heterocycles. The van der Waals surface area contributed by atoms with E-state index in [0.717, 1.165) is 5.56 Å². The molecule has 0 atom stereocenters. The molecule has 0 saturated heterocycles. The molecule has 1 amide bonds. The van der Waals surface area contributed by atoms with Crippen molar-refractivity contribution in [2.45, 2.75) is 6.92 Å². The van der Waals surface area contributed by atoms with Crippen LogP contribution in [-0.2, 0) is 0 Å². The van der Waals surface area contributed by atoms with Crippen molar-refractivity contribution in [2.24, 2.45) is 0 Å². The first-order chi connectivity index (χ1) is 8.15. The number of anilines is 1. The van der Waals surface area contributed by atoms with Crippen molar-refractivity contribution in [1.29, 1.82) is 0 Å². The van der Waals surface area contributed by atoms with E-state index in [4.69, 9.17) is 0 Å². The van der Waals surface area contributed by atoms with E-state index in [9.17, 15) is 4.79 Å². The number of hydrogen-bond donors (Lipinski definition) is 1. The molecular formula is C12H10BrN3O. The Bertz CT molecular complexity index is 557. The first-order valence-electron chi connectivity index (χ1n) is 5.01. The molecule has 0 aliphatic carbocycles. The van der Waals surface area contributed by atoms with Crippen LogP contribution in [-0.4, -0.2) is 15.9 Å². The van der Waals surface area contributed by atoms with Crippen LogP contribution in [0.25, 0.3) is 0 Å². The van der Waals surface area contributed by atoms with Crippen LogP contribution in [0.2, 0.25) is 0 Å². The Morgan fingerprint density at radius 3 is 2.71 bits per heavy atom. The Morgan fingerprint density at radius 2 is 2.00 bits per heavy atom. The Balaban J connectivity index is 2.17. The van der Waals surface area contributed by atoms with E-state index in [2.05, 4.69) is 31.2 Å². The topological polar surface area (TPSA) is 54.9 Å². The fraction of sp³-hybridized carbons (Fsp3) is 0.0833. The standard InChI is InChI=1S/C12H10BrN3O/c1-8-2-4-15-11(6-8)16-12(17)9-3-5-14-10(13)7-9/h2-7H,1H3,(H,15,16,17). The highest BCUT2D eigenvalue weighted by molar-refractivity contribution is 9.10. The number of carbonyl (C=O) groups is 1. The molecule has 0 fully saturated rings. The van der Waals surface area contributed by atoms with Crippen molar-refractivity contribution in [2.75, 3.05) is 5.32 Å². The second-order valence-electron chi connectivity index (χ2n) is 3.54. The molecule has 5 heteroatoms. The molecule has 0 aliphatic heterocycles. The van der Waals surface area contributed by atoms with Gasteiger partial charge in [0.2, 0.25) is 0 Å². The second-order valence-corrected chi connectivity index (χ2v) is 4.35. The number of carbonyl (C=O) groups excluding carboxylic acids is 1. The van der Waals surface area contributed by atoms with E-state index in [1.807, 2.05) is 19.1 Å². The lowest BCUT2D eigenvalue weighted by atomic mass is 10.2. The number of rotatable bonds is 2. The highest BCUT2D eigenvalue weighted by Crippen LogP contribution is 2.11. The van der Waals surface area contributed by atoms with Gasteiger partial charge in [-0.25, -0.2) is 9.97 Å². The van der Waals surface area contributed by atoms with Gasteiger partial charge in [-0.15, -0.1) is 0 Å². The molecule has 2 aromatic rings. The number of amides is 1. The predicted molar refractivity (Wildman–Crippen MR) is 68.9 cm³/mol. The smallest absolute Gasteiger partial charge is 0.256 e. The van der Waals surface area contributed by atoms with Gasteiger partial charge in [-0.1, -0.05) is 0 Å². The zero-order valence-corrected chi connectivity index (χ0v) is 10.7. The number of aryl methyl sites for hydroxylation is 1. The molecule has 1 N–H and O–H groups in total. The summed E-state index contributed by atoms with van der Waals surface area (Å²) in [6.07, 6.45) is 3.23. The van der Waals surface area contributed by atoms with Gasteiger partial charge in [0, 0.05) is 18.0 Å². The van der Waals surface area contributed by atoms with Crippen LogP contribution in [0, 0.1) is 6.92 Å². The summed E-state index contributed by atoms with van der Waals surface area (Å²) >= 11 is 3.22. The van der Waals surface area contributed by atoms with E-state index in [-0.39, 0.29) is 5.91 Å². The molecule has 86 valence electrons. The average Bonchev–Trinajstić information content (AvgIpc) is 2.29. The van der Waals surface area contributed by atoms with Gasteiger partial charge in [0.05, 0.1) is 0 Å². The highest BCUT2D eigenvalue weighted by atomic mass is 79.9. The number of halogens is 1. The maximum Gasteiger partial charge on any atom is 0.256 e. The highest BCUT2D eigenvalue weighted by Gasteiger charge is 2.07. The Kier molecular flexibility index (Phi) is 3.49. The molecule has 0 aliphatic rings. The third-order valence-corrected chi connectivity index (χ3v) is 2.58. The fourth-order valence-corrected chi connectivity index (χ4v) is 1.70. The monoisotopic (exact) mass is 291 g/mol.